The molecule has 4 heteroatoms. The second-order valence-electron chi connectivity index (χ2n) is 4.06. The van der Waals surface area contributed by atoms with Gasteiger partial charge in [0.05, 0.1) is 6.04 Å². The highest BCUT2D eigenvalue weighted by Crippen LogP contribution is 2.26. The molecule has 0 bridgehead atoms. The van der Waals surface area contributed by atoms with Crippen molar-refractivity contribution < 1.29 is 4.39 Å². The first-order valence-electron chi connectivity index (χ1n) is 5.42. The summed E-state index contributed by atoms with van der Waals surface area (Å²) in [5.74, 6) is -0.205. The van der Waals surface area contributed by atoms with Gasteiger partial charge in [-0.25, -0.2) is 9.38 Å². The maximum absolute atomic E-state index is 12.8. The monoisotopic (exact) mass is 217 g/mol. The number of piperidine rings is 1. The summed E-state index contributed by atoms with van der Waals surface area (Å²) < 4.78 is 12.8. The fourth-order valence-electron chi connectivity index (χ4n) is 2.27. The summed E-state index contributed by atoms with van der Waals surface area (Å²) in [5.41, 5.74) is 2.20. The zero-order chi connectivity index (χ0) is 11.0. The Morgan fingerprint density at radius 1 is 1.25 bits per heavy atom. The summed E-state index contributed by atoms with van der Waals surface area (Å²) >= 11 is 0. The summed E-state index contributed by atoms with van der Waals surface area (Å²) in [6.45, 7) is 0.904. The molecule has 1 aromatic rings. The van der Waals surface area contributed by atoms with Crippen LogP contribution in [0.5, 0.6) is 0 Å². The van der Waals surface area contributed by atoms with Gasteiger partial charge < -0.3 is 5.32 Å². The third-order valence-electron chi connectivity index (χ3n) is 3.08. The molecule has 16 heavy (non-hydrogen) atoms. The molecule has 1 saturated heterocycles. The topological polar surface area (TPSA) is 36.8 Å². The number of halogens is 1. The Bertz CT molecular complexity index is 450. The van der Waals surface area contributed by atoms with Crippen molar-refractivity contribution in [1.29, 1.82) is 0 Å². The standard InChI is InChI=1S/C12H12FN3/c13-9-3-1-8(2-4-9)11-12-10(5-6-14-11)15-7-16-12/h1-4,7,11-12,14H,5-6H2/t11-,12+/m0/s1. The summed E-state index contributed by atoms with van der Waals surface area (Å²) in [4.78, 5) is 8.61. The smallest absolute Gasteiger partial charge is 0.123 e. The van der Waals surface area contributed by atoms with Crippen LogP contribution in [0.3, 0.4) is 0 Å². The number of aliphatic imine (C=N–C) groups is 2. The van der Waals surface area contributed by atoms with Gasteiger partial charge in [0.1, 0.15) is 18.2 Å². The lowest BCUT2D eigenvalue weighted by molar-refractivity contribution is 0.484. The molecule has 0 unspecified atom stereocenters. The van der Waals surface area contributed by atoms with Crippen LogP contribution < -0.4 is 5.32 Å². The maximum Gasteiger partial charge on any atom is 0.123 e. The van der Waals surface area contributed by atoms with E-state index < -0.39 is 0 Å². The van der Waals surface area contributed by atoms with Gasteiger partial charge in [0, 0.05) is 18.7 Å². The molecule has 3 rings (SSSR count). The highest BCUT2D eigenvalue weighted by Gasteiger charge is 2.32. The van der Waals surface area contributed by atoms with Gasteiger partial charge >= 0.3 is 0 Å². The Hall–Kier alpha value is -1.55. The van der Waals surface area contributed by atoms with Crippen molar-refractivity contribution in [3.63, 3.8) is 0 Å². The van der Waals surface area contributed by atoms with Crippen molar-refractivity contribution in [3.8, 4) is 0 Å². The van der Waals surface area contributed by atoms with Gasteiger partial charge in [0.2, 0.25) is 0 Å². The van der Waals surface area contributed by atoms with E-state index in [9.17, 15) is 4.39 Å². The fraction of sp³-hybridized carbons (Fsp3) is 0.333. The normalized spacial score (nSPS) is 27.7. The highest BCUT2D eigenvalue weighted by molar-refractivity contribution is 6.00. The molecule has 0 radical (unpaired) electrons. The van der Waals surface area contributed by atoms with Gasteiger partial charge in [0.25, 0.3) is 0 Å². The molecule has 2 heterocycles. The van der Waals surface area contributed by atoms with Crippen LogP contribution in [0.4, 0.5) is 4.39 Å². The van der Waals surface area contributed by atoms with E-state index >= 15 is 0 Å². The Kier molecular flexibility index (Phi) is 2.29. The first kappa shape index (κ1) is 9.66. The Balaban J connectivity index is 1.91. The molecule has 1 aromatic carbocycles. The zero-order valence-corrected chi connectivity index (χ0v) is 8.73. The molecule has 1 N–H and O–H groups in total. The Labute approximate surface area is 93.1 Å². The molecular formula is C12H12FN3. The SMILES string of the molecule is Fc1ccc([C@@H]2NCCC3=NC=N[C@H]32)cc1. The van der Waals surface area contributed by atoms with Crippen molar-refractivity contribution >= 4 is 12.1 Å². The third kappa shape index (κ3) is 1.55. The van der Waals surface area contributed by atoms with Crippen molar-refractivity contribution in [2.45, 2.75) is 18.5 Å². The van der Waals surface area contributed by atoms with Gasteiger partial charge in [-0.2, -0.15) is 0 Å². The van der Waals surface area contributed by atoms with Crippen molar-refractivity contribution in [2.75, 3.05) is 6.54 Å². The Morgan fingerprint density at radius 2 is 2.06 bits per heavy atom. The van der Waals surface area contributed by atoms with Gasteiger partial charge in [-0.1, -0.05) is 12.1 Å². The lowest BCUT2D eigenvalue weighted by atomic mass is 9.91. The number of benzene rings is 1. The van der Waals surface area contributed by atoms with Crippen LogP contribution in [-0.2, 0) is 0 Å². The first-order valence-corrected chi connectivity index (χ1v) is 5.42. The highest BCUT2D eigenvalue weighted by atomic mass is 19.1. The van der Waals surface area contributed by atoms with Crippen molar-refractivity contribution in [1.82, 2.24) is 5.32 Å². The van der Waals surface area contributed by atoms with E-state index in [0.29, 0.717) is 0 Å². The molecule has 3 nitrogen and oxygen atoms in total. The summed E-state index contributed by atoms with van der Waals surface area (Å²) in [7, 11) is 0. The maximum atomic E-state index is 12.8. The van der Waals surface area contributed by atoms with E-state index in [2.05, 4.69) is 15.3 Å². The molecule has 0 amide bonds. The second-order valence-corrected chi connectivity index (χ2v) is 4.06. The van der Waals surface area contributed by atoms with Gasteiger partial charge in [0.15, 0.2) is 0 Å². The molecule has 0 aromatic heterocycles. The molecular weight excluding hydrogens is 205 g/mol. The molecule has 0 saturated carbocycles. The number of fused-ring (bicyclic) bond motifs is 1. The van der Waals surface area contributed by atoms with Crippen LogP contribution >= 0.6 is 0 Å². The number of hydrogen-bond acceptors (Lipinski definition) is 3. The molecule has 0 aliphatic carbocycles. The largest absolute Gasteiger partial charge is 0.307 e. The molecule has 0 spiro atoms. The van der Waals surface area contributed by atoms with Crippen molar-refractivity contribution in [3.05, 3.63) is 35.6 Å². The third-order valence-corrected chi connectivity index (χ3v) is 3.08. The van der Waals surface area contributed by atoms with E-state index in [4.69, 9.17) is 0 Å². The molecule has 2 atom stereocenters. The average molecular weight is 217 g/mol. The van der Waals surface area contributed by atoms with Crippen LogP contribution in [0.2, 0.25) is 0 Å². The average Bonchev–Trinajstić information content (AvgIpc) is 2.78. The van der Waals surface area contributed by atoms with E-state index in [0.717, 1.165) is 24.2 Å². The van der Waals surface area contributed by atoms with Crippen LogP contribution in [0.1, 0.15) is 18.0 Å². The quantitative estimate of drug-likeness (QED) is 0.764. The summed E-state index contributed by atoms with van der Waals surface area (Å²) in [6, 6.07) is 6.82. The molecule has 2 aliphatic heterocycles. The van der Waals surface area contributed by atoms with Crippen LogP contribution in [0.25, 0.3) is 0 Å². The minimum atomic E-state index is -0.205. The predicted molar refractivity (Wildman–Crippen MR) is 61.5 cm³/mol. The molecule has 2 aliphatic rings. The number of nitrogens with one attached hydrogen (secondary N) is 1. The number of rotatable bonds is 1. The number of hydrogen-bond donors (Lipinski definition) is 1. The number of nitrogens with zero attached hydrogens (tertiary/aromatic N) is 2. The van der Waals surface area contributed by atoms with E-state index in [1.165, 1.54) is 12.1 Å². The summed E-state index contributed by atoms with van der Waals surface area (Å²) in [5, 5.41) is 3.41. The van der Waals surface area contributed by atoms with Crippen LogP contribution in [0.15, 0.2) is 34.3 Å². The van der Waals surface area contributed by atoms with Gasteiger partial charge in [-0.15, -0.1) is 0 Å². The van der Waals surface area contributed by atoms with Crippen molar-refractivity contribution in [2.24, 2.45) is 9.98 Å². The van der Waals surface area contributed by atoms with E-state index in [1.807, 2.05) is 12.1 Å². The minimum absolute atomic E-state index is 0.0965. The predicted octanol–water partition coefficient (Wildman–Crippen LogP) is 1.71. The minimum Gasteiger partial charge on any atom is -0.307 e. The lowest BCUT2D eigenvalue weighted by Crippen LogP contribution is -2.41. The van der Waals surface area contributed by atoms with E-state index in [-0.39, 0.29) is 17.9 Å². The van der Waals surface area contributed by atoms with Crippen LogP contribution in [-0.4, -0.2) is 24.6 Å². The van der Waals surface area contributed by atoms with Gasteiger partial charge in [-0.3, -0.25) is 4.99 Å². The summed E-state index contributed by atoms with van der Waals surface area (Å²) in [6.07, 6.45) is 2.58. The fourth-order valence-corrected chi connectivity index (χ4v) is 2.27. The molecule has 1 fully saturated rings. The van der Waals surface area contributed by atoms with Crippen LogP contribution in [0, 0.1) is 5.82 Å². The lowest BCUT2D eigenvalue weighted by Gasteiger charge is -2.29. The second kappa shape index (κ2) is 3.79. The van der Waals surface area contributed by atoms with Gasteiger partial charge in [-0.05, 0) is 17.7 Å². The van der Waals surface area contributed by atoms with E-state index in [1.54, 1.807) is 6.34 Å². The zero-order valence-electron chi connectivity index (χ0n) is 8.73. The molecule has 82 valence electrons. The first-order chi connectivity index (χ1) is 7.84. The Morgan fingerprint density at radius 3 is 2.88 bits per heavy atom.